The summed E-state index contributed by atoms with van der Waals surface area (Å²) < 4.78 is 43.3. The van der Waals surface area contributed by atoms with Gasteiger partial charge in [0, 0.05) is 6.04 Å². The highest BCUT2D eigenvalue weighted by Gasteiger charge is 2.42. The van der Waals surface area contributed by atoms with Crippen LogP contribution in [0.25, 0.3) is 0 Å². The molecule has 0 spiro atoms. The fourth-order valence-electron chi connectivity index (χ4n) is 3.17. The van der Waals surface area contributed by atoms with Crippen LogP contribution in [0.1, 0.15) is 31.2 Å². The van der Waals surface area contributed by atoms with Crippen LogP contribution < -0.4 is 10.5 Å². The van der Waals surface area contributed by atoms with E-state index in [0.717, 1.165) is 11.3 Å². The third-order valence-corrected chi connectivity index (χ3v) is 4.49. The Morgan fingerprint density at radius 3 is 2.38 bits per heavy atom. The van der Waals surface area contributed by atoms with Gasteiger partial charge in [-0.15, -0.1) is 0 Å². The van der Waals surface area contributed by atoms with E-state index in [0.29, 0.717) is 19.3 Å². The fraction of sp³-hybridized carbons (Fsp3) is 0.625. The Kier molecular flexibility index (Phi) is 5.14. The van der Waals surface area contributed by atoms with Crippen LogP contribution in [0.2, 0.25) is 0 Å². The van der Waals surface area contributed by atoms with Crippen LogP contribution in [0.4, 0.5) is 13.2 Å². The van der Waals surface area contributed by atoms with Gasteiger partial charge in [-0.2, -0.15) is 13.2 Å². The summed E-state index contributed by atoms with van der Waals surface area (Å²) in [4.78, 5) is 0. The van der Waals surface area contributed by atoms with Crippen LogP contribution in [-0.4, -0.2) is 19.3 Å². The molecule has 1 aromatic rings. The Morgan fingerprint density at radius 1 is 1.19 bits per heavy atom. The van der Waals surface area contributed by atoms with Crippen LogP contribution in [0.15, 0.2) is 24.3 Å². The summed E-state index contributed by atoms with van der Waals surface area (Å²) in [5, 5.41) is 0. The molecule has 0 amide bonds. The van der Waals surface area contributed by atoms with Crippen molar-refractivity contribution >= 4 is 0 Å². The molecule has 118 valence electrons. The molecular formula is C16H22F3NO. The third-order valence-electron chi connectivity index (χ3n) is 4.49. The first-order valence-corrected chi connectivity index (χ1v) is 7.36. The standard InChI is InChI=1S/C16H22F3NO/c1-21-15-5-3-2-4-12(15)10-14(20)11-6-8-13(9-7-11)16(17,18)19/h2-5,11,13-14H,6-10,20H2,1H3. The summed E-state index contributed by atoms with van der Waals surface area (Å²) in [6, 6.07) is 7.53. The molecule has 21 heavy (non-hydrogen) atoms. The number of hydrogen-bond donors (Lipinski definition) is 1. The zero-order valence-electron chi connectivity index (χ0n) is 12.2. The minimum atomic E-state index is -4.06. The molecule has 1 fully saturated rings. The predicted octanol–water partition coefficient (Wildman–Crippen LogP) is 3.93. The molecule has 1 atom stereocenters. The average molecular weight is 301 g/mol. The van der Waals surface area contributed by atoms with Gasteiger partial charge in [0.15, 0.2) is 0 Å². The van der Waals surface area contributed by atoms with Crippen molar-refractivity contribution in [2.75, 3.05) is 7.11 Å². The Bertz CT molecular complexity index is 453. The van der Waals surface area contributed by atoms with Gasteiger partial charge < -0.3 is 10.5 Å². The van der Waals surface area contributed by atoms with Crippen LogP contribution in [0.5, 0.6) is 5.75 Å². The molecule has 1 aliphatic carbocycles. The van der Waals surface area contributed by atoms with Gasteiger partial charge in [0.1, 0.15) is 5.75 Å². The maximum Gasteiger partial charge on any atom is 0.391 e. The molecule has 2 nitrogen and oxygen atoms in total. The van der Waals surface area contributed by atoms with Crippen LogP contribution in [-0.2, 0) is 6.42 Å². The van der Waals surface area contributed by atoms with Gasteiger partial charge in [-0.05, 0) is 49.7 Å². The molecule has 1 saturated carbocycles. The zero-order valence-corrected chi connectivity index (χ0v) is 12.2. The van der Waals surface area contributed by atoms with Crippen LogP contribution in [0, 0.1) is 11.8 Å². The quantitative estimate of drug-likeness (QED) is 0.914. The number of ether oxygens (including phenoxy) is 1. The Labute approximate surface area is 123 Å². The number of hydrogen-bond acceptors (Lipinski definition) is 2. The first-order chi connectivity index (χ1) is 9.91. The summed E-state index contributed by atoms with van der Waals surface area (Å²) in [7, 11) is 1.61. The Morgan fingerprint density at radius 2 is 1.81 bits per heavy atom. The summed E-state index contributed by atoms with van der Waals surface area (Å²) in [5.41, 5.74) is 7.24. The van der Waals surface area contributed by atoms with E-state index in [4.69, 9.17) is 10.5 Å². The largest absolute Gasteiger partial charge is 0.496 e. The molecule has 0 saturated heterocycles. The highest BCUT2D eigenvalue weighted by Crippen LogP contribution is 2.40. The molecule has 0 radical (unpaired) electrons. The van der Waals surface area contributed by atoms with E-state index in [1.54, 1.807) is 7.11 Å². The number of nitrogens with two attached hydrogens (primary N) is 1. The maximum atomic E-state index is 12.7. The van der Waals surface area contributed by atoms with Crippen molar-refractivity contribution in [1.82, 2.24) is 0 Å². The van der Waals surface area contributed by atoms with E-state index in [9.17, 15) is 13.2 Å². The molecule has 0 aromatic heterocycles. The van der Waals surface area contributed by atoms with Crippen LogP contribution in [0.3, 0.4) is 0 Å². The number of para-hydroxylation sites is 1. The van der Waals surface area contributed by atoms with E-state index < -0.39 is 12.1 Å². The van der Waals surface area contributed by atoms with Gasteiger partial charge in [-0.1, -0.05) is 18.2 Å². The highest BCUT2D eigenvalue weighted by atomic mass is 19.4. The number of halogens is 3. The van der Waals surface area contributed by atoms with Gasteiger partial charge in [-0.25, -0.2) is 0 Å². The van der Waals surface area contributed by atoms with Gasteiger partial charge in [-0.3, -0.25) is 0 Å². The maximum absolute atomic E-state index is 12.7. The molecule has 0 aliphatic heterocycles. The van der Waals surface area contributed by atoms with E-state index in [1.165, 1.54) is 0 Å². The third kappa shape index (κ3) is 4.13. The molecule has 1 aromatic carbocycles. The summed E-state index contributed by atoms with van der Waals surface area (Å²) in [6.07, 6.45) is -1.90. The highest BCUT2D eigenvalue weighted by molar-refractivity contribution is 5.33. The van der Waals surface area contributed by atoms with Crippen molar-refractivity contribution in [2.45, 2.75) is 44.3 Å². The van der Waals surface area contributed by atoms with Crippen molar-refractivity contribution in [2.24, 2.45) is 17.6 Å². The second-order valence-corrected chi connectivity index (χ2v) is 5.83. The number of rotatable bonds is 4. The molecule has 0 heterocycles. The van der Waals surface area contributed by atoms with E-state index in [1.807, 2.05) is 24.3 Å². The van der Waals surface area contributed by atoms with Crippen molar-refractivity contribution in [1.29, 1.82) is 0 Å². The lowest BCUT2D eigenvalue weighted by atomic mass is 9.77. The van der Waals surface area contributed by atoms with Crippen LogP contribution >= 0.6 is 0 Å². The molecule has 0 bridgehead atoms. The monoisotopic (exact) mass is 301 g/mol. The van der Waals surface area contributed by atoms with Crippen molar-refractivity contribution in [3.05, 3.63) is 29.8 Å². The SMILES string of the molecule is COc1ccccc1CC(N)C1CCC(C(F)(F)F)CC1. The molecule has 2 N–H and O–H groups in total. The minimum absolute atomic E-state index is 0.115. The number of methoxy groups -OCH3 is 1. The molecule has 5 heteroatoms. The van der Waals surface area contributed by atoms with Crippen molar-refractivity contribution < 1.29 is 17.9 Å². The molecule has 1 aliphatic rings. The number of benzene rings is 1. The van der Waals surface area contributed by atoms with Gasteiger partial charge >= 0.3 is 6.18 Å². The fourth-order valence-corrected chi connectivity index (χ4v) is 3.17. The number of alkyl halides is 3. The van der Waals surface area contributed by atoms with E-state index >= 15 is 0 Å². The predicted molar refractivity (Wildman–Crippen MR) is 76.2 cm³/mol. The van der Waals surface area contributed by atoms with E-state index in [2.05, 4.69) is 0 Å². The van der Waals surface area contributed by atoms with Gasteiger partial charge in [0.05, 0.1) is 13.0 Å². The Hall–Kier alpha value is -1.23. The lowest BCUT2D eigenvalue weighted by molar-refractivity contribution is -0.184. The molecule has 2 rings (SSSR count). The Balaban J connectivity index is 1.92. The first-order valence-electron chi connectivity index (χ1n) is 7.36. The second-order valence-electron chi connectivity index (χ2n) is 5.83. The molecular weight excluding hydrogens is 279 g/mol. The smallest absolute Gasteiger partial charge is 0.391 e. The first kappa shape index (κ1) is 16.1. The second kappa shape index (κ2) is 6.69. The lowest BCUT2D eigenvalue weighted by Gasteiger charge is -2.33. The summed E-state index contributed by atoms with van der Waals surface area (Å²) in [6.45, 7) is 0. The molecule has 1 unspecified atom stereocenters. The van der Waals surface area contributed by atoms with Crippen molar-refractivity contribution in [3.8, 4) is 5.75 Å². The van der Waals surface area contributed by atoms with Gasteiger partial charge in [0.2, 0.25) is 0 Å². The zero-order chi connectivity index (χ0) is 15.5. The van der Waals surface area contributed by atoms with Crippen molar-refractivity contribution in [3.63, 3.8) is 0 Å². The normalized spacial score (nSPS) is 24.6. The average Bonchev–Trinajstić information content (AvgIpc) is 2.47. The van der Waals surface area contributed by atoms with E-state index in [-0.39, 0.29) is 24.8 Å². The topological polar surface area (TPSA) is 35.2 Å². The summed E-state index contributed by atoms with van der Waals surface area (Å²) >= 11 is 0. The minimum Gasteiger partial charge on any atom is -0.496 e. The lowest BCUT2D eigenvalue weighted by Crippen LogP contribution is -2.37. The summed E-state index contributed by atoms with van der Waals surface area (Å²) in [5.74, 6) is -0.197. The van der Waals surface area contributed by atoms with Gasteiger partial charge in [0.25, 0.3) is 0 Å².